The van der Waals surface area contributed by atoms with Crippen LogP contribution in [0.15, 0.2) is 35.3 Å². The van der Waals surface area contributed by atoms with Gasteiger partial charge in [-0.2, -0.15) is 0 Å². The largest absolute Gasteiger partial charge is 0.508 e. The molecule has 1 aliphatic carbocycles. The van der Waals surface area contributed by atoms with Crippen molar-refractivity contribution >= 4 is 18.9 Å². The first-order chi connectivity index (χ1) is 13.5. The molecule has 4 atom stereocenters. The molecule has 0 spiro atoms. The number of hydrogen-bond donors (Lipinski definition) is 2. The van der Waals surface area contributed by atoms with Gasteiger partial charge in [0.2, 0.25) is 11.8 Å². The van der Waals surface area contributed by atoms with Crippen LogP contribution in [0.1, 0.15) is 51.2 Å². The van der Waals surface area contributed by atoms with E-state index in [9.17, 15) is 19.7 Å². The molecule has 3 aliphatic rings. The Morgan fingerprint density at radius 2 is 2.00 bits per heavy atom. The van der Waals surface area contributed by atoms with Gasteiger partial charge in [0.25, 0.3) is 0 Å². The van der Waals surface area contributed by atoms with Gasteiger partial charge in [-0.05, 0) is 54.8 Å². The van der Waals surface area contributed by atoms with Crippen LogP contribution in [-0.2, 0) is 14.2 Å². The fourth-order valence-corrected chi connectivity index (χ4v) is 5.20. The lowest BCUT2D eigenvalue weighted by Gasteiger charge is -2.42. The van der Waals surface area contributed by atoms with Crippen molar-refractivity contribution in [1.29, 1.82) is 0 Å². The zero-order chi connectivity index (χ0) is 20.0. The predicted octanol–water partition coefficient (Wildman–Crippen LogP) is 2.61. The minimum Gasteiger partial charge on any atom is -0.508 e. The van der Waals surface area contributed by atoms with Crippen LogP contribution < -0.4 is 0 Å². The van der Waals surface area contributed by atoms with Crippen molar-refractivity contribution in [3.8, 4) is 5.75 Å². The molecular weight excluding hydrogens is 357 g/mol. The molecule has 2 N–H and O–H groups in total. The zero-order valence-corrected chi connectivity index (χ0v) is 16.3. The number of phenols is 1. The summed E-state index contributed by atoms with van der Waals surface area (Å²) in [6, 6.07) is 6.79. The Hall–Kier alpha value is -2.12. The van der Waals surface area contributed by atoms with Crippen molar-refractivity contribution in [2.24, 2.45) is 17.8 Å². The maximum atomic E-state index is 13.1. The minimum absolute atomic E-state index is 0.0725. The van der Waals surface area contributed by atoms with Gasteiger partial charge in [0.15, 0.2) is 0 Å². The molecule has 2 heterocycles. The van der Waals surface area contributed by atoms with Crippen molar-refractivity contribution < 1.29 is 24.4 Å². The summed E-state index contributed by atoms with van der Waals surface area (Å²) in [6.45, 7) is 4.42. The van der Waals surface area contributed by atoms with Gasteiger partial charge in [-0.25, -0.2) is 0 Å². The predicted molar refractivity (Wildman–Crippen MR) is 104 cm³/mol. The first-order valence-electron chi connectivity index (χ1n) is 10.2. The van der Waals surface area contributed by atoms with E-state index in [1.807, 2.05) is 19.9 Å². The van der Waals surface area contributed by atoms with Crippen LogP contribution in [0.4, 0.5) is 0 Å². The lowest BCUT2D eigenvalue weighted by atomic mass is 9.55. The monoisotopic (exact) mass is 383 g/mol. The van der Waals surface area contributed by atoms with E-state index in [4.69, 9.17) is 4.65 Å². The summed E-state index contributed by atoms with van der Waals surface area (Å²) in [5.74, 6) is -1.03. The quantitative estimate of drug-likeness (QED) is 0.617. The highest BCUT2D eigenvalue weighted by Gasteiger charge is 2.57. The smallest absolute Gasteiger partial charge is 0.487 e. The van der Waals surface area contributed by atoms with E-state index < -0.39 is 19.1 Å². The Morgan fingerprint density at radius 3 is 2.68 bits per heavy atom. The second-order valence-corrected chi connectivity index (χ2v) is 7.99. The van der Waals surface area contributed by atoms with Gasteiger partial charge in [-0.1, -0.05) is 31.6 Å². The topological polar surface area (TPSA) is 87.1 Å². The molecule has 28 heavy (non-hydrogen) atoms. The van der Waals surface area contributed by atoms with E-state index in [0.717, 1.165) is 29.5 Å². The molecule has 2 saturated heterocycles. The summed E-state index contributed by atoms with van der Waals surface area (Å²) >= 11 is 0. The number of phenolic OH excluding ortho intramolecular Hbond substituents is 1. The van der Waals surface area contributed by atoms with Gasteiger partial charge in [0.05, 0.1) is 17.9 Å². The SMILES string of the molecule is CCCN1C(=O)[C@H]2[C@H](CC(CC)=C3B(O)O[C@H](c4cccc(O)c4)C[C@H]32)C1=O. The van der Waals surface area contributed by atoms with Gasteiger partial charge in [0.1, 0.15) is 5.75 Å². The third kappa shape index (κ3) is 2.97. The molecule has 6 nitrogen and oxygen atoms in total. The van der Waals surface area contributed by atoms with Crippen molar-refractivity contribution in [2.75, 3.05) is 6.54 Å². The molecule has 2 amide bonds. The van der Waals surface area contributed by atoms with E-state index in [0.29, 0.717) is 19.4 Å². The molecule has 0 bridgehead atoms. The number of carbonyl (C=O) groups is 2. The molecule has 0 radical (unpaired) electrons. The van der Waals surface area contributed by atoms with Crippen LogP contribution in [0.3, 0.4) is 0 Å². The average molecular weight is 383 g/mol. The van der Waals surface area contributed by atoms with Gasteiger partial charge in [-0.3, -0.25) is 14.5 Å². The first-order valence-corrected chi connectivity index (χ1v) is 10.2. The number of amides is 2. The lowest BCUT2D eigenvalue weighted by molar-refractivity contribution is -0.140. The molecule has 2 fully saturated rings. The molecule has 2 aliphatic heterocycles. The highest BCUT2D eigenvalue weighted by Crippen LogP contribution is 2.51. The molecule has 0 saturated carbocycles. The zero-order valence-electron chi connectivity index (χ0n) is 16.3. The summed E-state index contributed by atoms with van der Waals surface area (Å²) in [5, 5.41) is 20.6. The van der Waals surface area contributed by atoms with Crippen LogP contribution in [0, 0.1) is 17.8 Å². The number of hydrogen-bond acceptors (Lipinski definition) is 5. The second kappa shape index (κ2) is 7.37. The van der Waals surface area contributed by atoms with Gasteiger partial charge in [-0.15, -0.1) is 0 Å². The van der Waals surface area contributed by atoms with Crippen LogP contribution in [0.25, 0.3) is 0 Å². The highest BCUT2D eigenvalue weighted by atomic mass is 16.5. The molecule has 0 aromatic heterocycles. The van der Waals surface area contributed by atoms with Gasteiger partial charge >= 0.3 is 7.12 Å². The third-order valence-electron chi connectivity index (χ3n) is 6.42. The first kappa shape index (κ1) is 19.2. The van der Waals surface area contributed by atoms with E-state index in [-0.39, 0.29) is 29.4 Å². The summed E-state index contributed by atoms with van der Waals surface area (Å²) in [5.41, 5.74) is 2.59. The Morgan fingerprint density at radius 1 is 1.21 bits per heavy atom. The fourth-order valence-electron chi connectivity index (χ4n) is 5.20. The molecule has 148 valence electrons. The molecule has 4 rings (SSSR count). The fraction of sp³-hybridized carbons (Fsp3) is 0.524. The van der Waals surface area contributed by atoms with Crippen LogP contribution in [-0.4, -0.2) is 40.5 Å². The van der Waals surface area contributed by atoms with Crippen molar-refractivity contribution in [3.63, 3.8) is 0 Å². The standard InChI is InChI=1S/C21H26BNO5/c1-3-8-23-20(25)16-10-12(4-2)19-15(18(16)21(23)26)11-17(28-22(19)27)13-6-5-7-14(24)9-13/h5-7,9,15-18,24,27H,3-4,8,10-11H2,1-2H3/t15-,16-,17-,18+/m0/s1. The maximum Gasteiger partial charge on any atom is 0.487 e. The number of imide groups is 1. The summed E-state index contributed by atoms with van der Waals surface area (Å²) in [7, 11) is -1.09. The van der Waals surface area contributed by atoms with Crippen molar-refractivity contribution in [2.45, 2.75) is 45.6 Å². The van der Waals surface area contributed by atoms with Gasteiger partial charge < -0.3 is 14.8 Å². The number of nitrogens with zero attached hydrogens (tertiary/aromatic N) is 1. The molecule has 1 aromatic rings. The van der Waals surface area contributed by atoms with Crippen LogP contribution in [0.2, 0.25) is 0 Å². The molecule has 7 heteroatoms. The summed E-state index contributed by atoms with van der Waals surface area (Å²) < 4.78 is 5.89. The number of fused-ring (bicyclic) bond motifs is 3. The number of carbonyl (C=O) groups excluding carboxylic acids is 2. The maximum absolute atomic E-state index is 13.1. The van der Waals surface area contributed by atoms with E-state index in [2.05, 4.69) is 0 Å². The van der Waals surface area contributed by atoms with E-state index in [1.165, 1.54) is 4.90 Å². The van der Waals surface area contributed by atoms with E-state index >= 15 is 0 Å². The average Bonchev–Trinajstić information content (AvgIpc) is 2.92. The lowest BCUT2D eigenvalue weighted by Crippen LogP contribution is -2.44. The Labute approximate surface area is 165 Å². The third-order valence-corrected chi connectivity index (χ3v) is 6.42. The number of allylic oxidation sites excluding steroid dienone is 2. The number of benzene rings is 1. The highest BCUT2D eigenvalue weighted by molar-refractivity contribution is 6.53. The summed E-state index contributed by atoms with van der Waals surface area (Å²) in [4.78, 5) is 27.4. The summed E-state index contributed by atoms with van der Waals surface area (Å²) in [6.07, 6.45) is 2.06. The minimum atomic E-state index is -1.09. The van der Waals surface area contributed by atoms with Crippen molar-refractivity contribution in [3.05, 3.63) is 40.9 Å². The molecule has 1 aromatic carbocycles. The normalized spacial score (nSPS) is 30.0. The Kier molecular flexibility index (Phi) is 5.06. The Balaban J connectivity index is 1.72. The van der Waals surface area contributed by atoms with Crippen LogP contribution in [0.5, 0.6) is 5.75 Å². The van der Waals surface area contributed by atoms with Crippen molar-refractivity contribution in [1.82, 2.24) is 4.90 Å². The van der Waals surface area contributed by atoms with Crippen LogP contribution >= 0.6 is 0 Å². The number of likely N-dealkylation sites (tertiary alicyclic amines) is 1. The van der Waals surface area contributed by atoms with Gasteiger partial charge in [0, 0.05) is 6.54 Å². The van der Waals surface area contributed by atoms with E-state index in [1.54, 1.807) is 18.2 Å². The number of rotatable bonds is 4. The second-order valence-electron chi connectivity index (χ2n) is 7.99. The molecular formula is C21H26BNO5. The Bertz CT molecular complexity index is 838. The number of aromatic hydroxyl groups is 1. The molecule has 0 unspecified atom stereocenters.